The summed E-state index contributed by atoms with van der Waals surface area (Å²) in [7, 11) is 0. The Morgan fingerprint density at radius 1 is 0.941 bits per heavy atom. The second kappa shape index (κ2) is 3.92. The molecule has 1 aliphatic rings. The van der Waals surface area contributed by atoms with Crippen LogP contribution in [-0.2, 0) is 6.42 Å². The topological polar surface area (TPSA) is 12.0 Å². The van der Waals surface area contributed by atoms with E-state index in [1.807, 2.05) is 0 Å². The van der Waals surface area contributed by atoms with E-state index in [2.05, 4.69) is 55.6 Å². The molecule has 0 aliphatic carbocycles. The summed E-state index contributed by atoms with van der Waals surface area (Å²) in [6.07, 6.45) is 1.15. The minimum Gasteiger partial charge on any atom is -0.384 e. The van der Waals surface area contributed by atoms with E-state index >= 15 is 0 Å². The highest BCUT2D eigenvalue weighted by atomic mass is 14.9. The van der Waals surface area contributed by atoms with Crippen LogP contribution in [0.5, 0.6) is 0 Å². The average Bonchev–Trinajstić information content (AvgIpc) is 2.81. The number of para-hydroxylation sites is 1. The molecule has 1 heteroatoms. The first-order valence-electron chi connectivity index (χ1n) is 6.20. The fourth-order valence-corrected chi connectivity index (χ4v) is 2.61. The number of aryl methyl sites for hydroxylation is 1. The lowest BCUT2D eigenvalue weighted by Gasteiger charge is -2.13. The van der Waals surface area contributed by atoms with Gasteiger partial charge >= 0.3 is 0 Å². The molecule has 0 fully saturated rings. The van der Waals surface area contributed by atoms with Gasteiger partial charge in [-0.2, -0.15) is 0 Å². The first kappa shape index (κ1) is 10.4. The third-order valence-electron chi connectivity index (χ3n) is 3.74. The lowest BCUT2D eigenvalue weighted by atomic mass is 9.94. The number of anilines is 1. The number of fused-ring (bicyclic) bond motifs is 1. The van der Waals surface area contributed by atoms with Gasteiger partial charge in [-0.25, -0.2) is 0 Å². The summed E-state index contributed by atoms with van der Waals surface area (Å²) in [4.78, 5) is 0. The first-order valence-corrected chi connectivity index (χ1v) is 6.20. The maximum absolute atomic E-state index is 3.51. The average molecular weight is 223 g/mol. The van der Waals surface area contributed by atoms with Crippen molar-refractivity contribution in [3.8, 4) is 11.1 Å². The largest absolute Gasteiger partial charge is 0.384 e. The summed E-state index contributed by atoms with van der Waals surface area (Å²) < 4.78 is 0. The molecule has 0 bridgehead atoms. The fraction of sp³-hybridized carbons (Fsp3) is 0.250. The van der Waals surface area contributed by atoms with Crippen LogP contribution in [0.4, 0.5) is 5.69 Å². The van der Waals surface area contributed by atoms with Crippen molar-refractivity contribution in [2.75, 3.05) is 11.9 Å². The van der Waals surface area contributed by atoms with Crippen molar-refractivity contribution in [1.82, 2.24) is 0 Å². The molecule has 3 rings (SSSR count). The SMILES string of the molecule is Cc1cccc(-c2cccc3c2NCC3)c1C. The zero-order valence-corrected chi connectivity index (χ0v) is 10.4. The molecule has 0 saturated carbocycles. The molecule has 17 heavy (non-hydrogen) atoms. The van der Waals surface area contributed by atoms with Gasteiger partial charge in [0.05, 0.1) is 0 Å². The molecule has 1 N–H and O–H groups in total. The van der Waals surface area contributed by atoms with Crippen molar-refractivity contribution in [3.05, 3.63) is 53.1 Å². The lowest BCUT2D eigenvalue weighted by molar-refractivity contribution is 1.11. The highest BCUT2D eigenvalue weighted by molar-refractivity contribution is 5.83. The number of hydrogen-bond acceptors (Lipinski definition) is 1. The minimum atomic E-state index is 1.07. The lowest BCUT2D eigenvalue weighted by Crippen LogP contribution is -1.95. The van der Waals surface area contributed by atoms with Crippen LogP contribution in [0, 0.1) is 13.8 Å². The van der Waals surface area contributed by atoms with Crippen molar-refractivity contribution >= 4 is 5.69 Å². The number of hydrogen-bond donors (Lipinski definition) is 1. The fourth-order valence-electron chi connectivity index (χ4n) is 2.61. The number of benzene rings is 2. The Balaban J connectivity index is 2.23. The van der Waals surface area contributed by atoms with Crippen molar-refractivity contribution in [1.29, 1.82) is 0 Å². The third kappa shape index (κ3) is 1.62. The van der Waals surface area contributed by atoms with Crippen molar-refractivity contribution in [3.63, 3.8) is 0 Å². The second-order valence-electron chi connectivity index (χ2n) is 4.76. The highest BCUT2D eigenvalue weighted by Crippen LogP contribution is 2.36. The van der Waals surface area contributed by atoms with E-state index in [1.54, 1.807) is 0 Å². The van der Waals surface area contributed by atoms with Gasteiger partial charge in [0.15, 0.2) is 0 Å². The van der Waals surface area contributed by atoms with Gasteiger partial charge in [-0.1, -0.05) is 36.4 Å². The van der Waals surface area contributed by atoms with E-state index in [9.17, 15) is 0 Å². The Bertz CT molecular complexity index is 570. The number of rotatable bonds is 1. The summed E-state index contributed by atoms with van der Waals surface area (Å²) >= 11 is 0. The van der Waals surface area contributed by atoms with Gasteiger partial charge in [0.25, 0.3) is 0 Å². The van der Waals surface area contributed by atoms with Gasteiger partial charge in [-0.15, -0.1) is 0 Å². The van der Waals surface area contributed by atoms with Gasteiger partial charge in [-0.05, 0) is 42.5 Å². The molecule has 0 aromatic heterocycles. The summed E-state index contributed by atoms with van der Waals surface area (Å²) in [6.45, 7) is 5.45. The molecule has 0 spiro atoms. The Morgan fingerprint density at radius 2 is 1.71 bits per heavy atom. The molecule has 2 aromatic carbocycles. The van der Waals surface area contributed by atoms with Crippen LogP contribution in [0.3, 0.4) is 0 Å². The van der Waals surface area contributed by atoms with Crippen LogP contribution < -0.4 is 5.32 Å². The van der Waals surface area contributed by atoms with Crippen LogP contribution in [0.1, 0.15) is 16.7 Å². The quantitative estimate of drug-likeness (QED) is 0.772. The van der Waals surface area contributed by atoms with Gasteiger partial charge in [0.2, 0.25) is 0 Å². The van der Waals surface area contributed by atoms with Gasteiger partial charge < -0.3 is 5.32 Å². The third-order valence-corrected chi connectivity index (χ3v) is 3.74. The second-order valence-corrected chi connectivity index (χ2v) is 4.76. The van der Waals surface area contributed by atoms with Crippen molar-refractivity contribution < 1.29 is 0 Å². The zero-order valence-electron chi connectivity index (χ0n) is 10.4. The maximum atomic E-state index is 3.51. The molecule has 0 amide bonds. The zero-order chi connectivity index (χ0) is 11.8. The van der Waals surface area contributed by atoms with Crippen LogP contribution in [0.25, 0.3) is 11.1 Å². The molecule has 2 aromatic rings. The molecule has 1 nitrogen and oxygen atoms in total. The van der Waals surface area contributed by atoms with Crippen LogP contribution in [0.15, 0.2) is 36.4 Å². The molecular formula is C16H17N. The van der Waals surface area contributed by atoms with E-state index in [0.29, 0.717) is 0 Å². The van der Waals surface area contributed by atoms with Crippen molar-refractivity contribution in [2.45, 2.75) is 20.3 Å². The highest BCUT2D eigenvalue weighted by Gasteiger charge is 2.15. The Kier molecular flexibility index (Phi) is 2.40. The predicted octanol–water partition coefficient (Wildman–Crippen LogP) is 3.94. The standard InChI is InChI=1S/C16H17N/c1-11-5-3-7-14(12(11)2)15-8-4-6-13-9-10-17-16(13)15/h3-8,17H,9-10H2,1-2H3. The van der Waals surface area contributed by atoms with Crippen LogP contribution in [-0.4, -0.2) is 6.54 Å². The molecule has 0 radical (unpaired) electrons. The Morgan fingerprint density at radius 3 is 2.59 bits per heavy atom. The smallest absolute Gasteiger partial charge is 0.0453 e. The van der Waals surface area contributed by atoms with Crippen molar-refractivity contribution in [2.24, 2.45) is 0 Å². The van der Waals surface area contributed by atoms with E-state index < -0.39 is 0 Å². The summed E-state index contributed by atoms with van der Waals surface area (Å²) in [5.74, 6) is 0. The molecule has 1 aliphatic heterocycles. The van der Waals surface area contributed by atoms with Gasteiger partial charge in [0, 0.05) is 17.8 Å². The summed E-state index contributed by atoms with van der Waals surface area (Å²) in [6, 6.07) is 13.2. The monoisotopic (exact) mass is 223 g/mol. The minimum absolute atomic E-state index is 1.07. The predicted molar refractivity (Wildman–Crippen MR) is 73.5 cm³/mol. The first-order chi connectivity index (χ1) is 8.27. The molecule has 86 valence electrons. The van der Waals surface area contributed by atoms with E-state index in [4.69, 9.17) is 0 Å². The van der Waals surface area contributed by atoms with Gasteiger partial charge in [0.1, 0.15) is 0 Å². The molecule has 0 saturated heterocycles. The molecule has 0 unspecified atom stereocenters. The van der Waals surface area contributed by atoms with E-state index in [0.717, 1.165) is 13.0 Å². The van der Waals surface area contributed by atoms with Gasteiger partial charge in [-0.3, -0.25) is 0 Å². The Labute approximate surface area is 102 Å². The summed E-state index contributed by atoms with van der Waals surface area (Å²) in [5.41, 5.74) is 8.23. The maximum Gasteiger partial charge on any atom is 0.0453 e. The van der Waals surface area contributed by atoms with E-state index in [-0.39, 0.29) is 0 Å². The summed E-state index contributed by atoms with van der Waals surface area (Å²) in [5, 5.41) is 3.51. The van der Waals surface area contributed by atoms with Crippen LogP contribution in [0.2, 0.25) is 0 Å². The van der Waals surface area contributed by atoms with E-state index in [1.165, 1.54) is 33.5 Å². The molecule has 1 heterocycles. The normalized spacial score (nSPS) is 13.3. The Hall–Kier alpha value is -1.76. The van der Waals surface area contributed by atoms with Crippen LogP contribution >= 0.6 is 0 Å². The number of nitrogens with one attached hydrogen (secondary N) is 1. The molecular weight excluding hydrogens is 206 g/mol. The molecule has 0 atom stereocenters.